The third kappa shape index (κ3) is 2.88. The lowest BCUT2D eigenvalue weighted by Gasteiger charge is -2.37. The largest absolute Gasteiger partial charge is 0.462 e. The molecule has 6 nitrogen and oxygen atoms in total. The summed E-state index contributed by atoms with van der Waals surface area (Å²) in [6.45, 7) is 6.73. The summed E-state index contributed by atoms with van der Waals surface area (Å²) < 4.78 is 5.35. The number of furan rings is 1. The molecule has 0 saturated carbocycles. The lowest BCUT2D eigenvalue weighted by molar-refractivity contribution is -0.129. The summed E-state index contributed by atoms with van der Waals surface area (Å²) in [5.41, 5.74) is 0.404. The van der Waals surface area contributed by atoms with Crippen molar-refractivity contribution in [2.24, 2.45) is 5.92 Å². The molecule has 0 radical (unpaired) electrons. The summed E-state index contributed by atoms with van der Waals surface area (Å²) in [5.74, 6) is 0.403. The highest BCUT2D eigenvalue weighted by Gasteiger charge is 2.37. The van der Waals surface area contributed by atoms with Crippen LogP contribution in [0, 0.1) is 12.8 Å². The molecule has 1 N–H and O–H groups in total. The summed E-state index contributed by atoms with van der Waals surface area (Å²) in [5, 5.41) is 3.51. The first kappa shape index (κ1) is 15.7. The van der Waals surface area contributed by atoms with Gasteiger partial charge >= 0.3 is 0 Å². The van der Waals surface area contributed by atoms with Crippen molar-refractivity contribution in [3.8, 4) is 10.8 Å². The molecule has 1 unspecified atom stereocenters. The van der Waals surface area contributed by atoms with Gasteiger partial charge in [-0.2, -0.15) is 0 Å². The van der Waals surface area contributed by atoms with Gasteiger partial charge in [-0.1, -0.05) is 13.8 Å². The fourth-order valence-corrected chi connectivity index (χ4v) is 3.69. The van der Waals surface area contributed by atoms with E-state index in [1.165, 1.54) is 11.3 Å². The Morgan fingerprint density at radius 1 is 1.52 bits per heavy atom. The second kappa shape index (κ2) is 6.16. The van der Waals surface area contributed by atoms with Gasteiger partial charge in [0.15, 0.2) is 10.8 Å². The highest BCUT2D eigenvalue weighted by atomic mass is 32.1. The molecule has 0 spiro atoms. The van der Waals surface area contributed by atoms with E-state index in [0.717, 1.165) is 4.88 Å². The lowest BCUT2D eigenvalue weighted by atomic mass is 9.99. The second-order valence-corrected chi connectivity index (χ2v) is 7.08. The molecule has 0 aliphatic carbocycles. The monoisotopic (exact) mass is 333 g/mol. The number of piperazine rings is 1. The number of nitrogens with zero attached hydrogens (tertiary/aromatic N) is 2. The molecule has 122 valence electrons. The average molecular weight is 333 g/mol. The summed E-state index contributed by atoms with van der Waals surface area (Å²) in [6, 6.07) is 3.15. The Morgan fingerprint density at radius 2 is 2.30 bits per heavy atom. The number of carbonyl (C=O) groups excluding carboxylic acids is 2. The maximum absolute atomic E-state index is 12.9. The van der Waals surface area contributed by atoms with E-state index < -0.39 is 6.04 Å². The van der Waals surface area contributed by atoms with E-state index in [9.17, 15) is 9.59 Å². The van der Waals surface area contributed by atoms with Gasteiger partial charge in [-0.3, -0.25) is 9.59 Å². The molecule has 2 aromatic rings. The second-order valence-electron chi connectivity index (χ2n) is 5.88. The number of aryl methyl sites for hydroxylation is 1. The van der Waals surface area contributed by atoms with Gasteiger partial charge in [0.2, 0.25) is 5.91 Å². The molecule has 1 fully saturated rings. The van der Waals surface area contributed by atoms with Crippen molar-refractivity contribution in [3.63, 3.8) is 0 Å². The van der Waals surface area contributed by atoms with Crippen molar-refractivity contribution in [1.29, 1.82) is 0 Å². The highest BCUT2D eigenvalue weighted by Crippen LogP contribution is 2.29. The number of hydrogen-bond acceptors (Lipinski definition) is 5. The first-order valence-electron chi connectivity index (χ1n) is 7.59. The van der Waals surface area contributed by atoms with E-state index in [1.54, 1.807) is 17.2 Å². The number of carbonyl (C=O) groups is 2. The molecule has 1 saturated heterocycles. The molecule has 7 heteroatoms. The van der Waals surface area contributed by atoms with Crippen LogP contribution in [0.15, 0.2) is 22.8 Å². The third-order valence-corrected chi connectivity index (χ3v) is 4.87. The highest BCUT2D eigenvalue weighted by molar-refractivity contribution is 7.15. The van der Waals surface area contributed by atoms with Crippen LogP contribution in [0.3, 0.4) is 0 Å². The van der Waals surface area contributed by atoms with Crippen molar-refractivity contribution in [2.75, 3.05) is 13.1 Å². The van der Waals surface area contributed by atoms with Crippen LogP contribution >= 0.6 is 11.3 Å². The van der Waals surface area contributed by atoms with Crippen LogP contribution in [0.4, 0.5) is 0 Å². The molecule has 23 heavy (non-hydrogen) atoms. The van der Waals surface area contributed by atoms with Gasteiger partial charge in [-0.05, 0) is 25.0 Å². The minimum absolute atomic E-state index is 0.0442. The summed E-state index contributed by atoms with van der Waals surface area (Å²) >= 11 is 1.42. The molecule has 3 heterocycles. The zero-order chi connectivity index (χ0) is 16.6. The van der Waals surface area contributed by atoms with E-state index in [1.807, 2.05) is 26.8 Å². The molecule has 1 aliphatic rings. The van der Waals surface area contributed by atoms with Gasteiger partial charge in [0.05, 0.1) is 6.26 Å². The Kier molecular flexibility index (Phi) is 4.21. The number of amides is 2. The molecule has 1 atom stereocenters. The number of hydrogen-bond donors (Lipinski definition) is 1. The van der Waals surface area contributed by atoms with Crippen molar-refractivity contribution >= 4 is 23.2 Å². The van der Waals surface area contributed by atoms with Crippen molar-refractivity contribution in [3.05, 3.63) is 29.0 Å². The molecule has 2 amide bonds. The van der Waals surface area contributed by atoms with E-state index >= 15 is 0 Å². The van der Waals surface area contributed by atoms with E-state index in [-0.39, 0.29) is 17.7 Å². The quantitative estimate of drug-likeness (QED) is 0.935. The van der Waals surface area contributed by atoms with Crippen LogP contribution in [0.5, 0.6) is 0 Å². The van der Waals surface area contributed by atoms with E-state index in [4.69, 9.17) is 4.42 Å². The van der Waals surface area contributed by atoms with E-state index in [2.05, 4.69) is 10.3 Å². The fraction of sp³-hybridized carbons (Fsp3) is 0.438. The first-order valence-corrected chi connectivity index (χ1v) is 8.40. The topological polar surface area (TPSA) is 75.4 Å². The van der Waals surface area contributed by atoms with Gasteiger partial charge in [-0.15, -0.1) is 11.3 Å². The van der Waals surface area contributed by atoms with Crippen molar-refractivity contribution < 1.29 is 14.0 Å². The Hall–Kier alpha value is -2.15. The molecular weight excluding hydrogens is 314 g/mol. The predicted molar refractivity (Wildman–Crippen MR) is 87.2 cm³/mol. The summed E-state index contributed by atoms with van der Waals surface area (Å²) in [4.78, 5) is 32.0. The van der Waals surface area contributed by atoms with Crippen molar-refractivity contribution in [2.45, 2.75) is 26.8 Å². The van der Waals surface area contributed by atoms with Gasteiger partial charge in [0.1, 0.15) is 11.7 Å². The van der Waals surface area contributed by atoms with Crippen LogP contribution in [0.1, 0.15) is 29.2 Å². The van der Waals surface area contributed by atoms with Crippen LogP contribution in [0.2, 0.25) is 0 Å². The Bertz CT molecular complexity index is 721. The number of nitrogens with one attached hydrogen (secondary N) is 1. The smallest absolute Gasteiger partial charge is 0.274 e. The van der Waals surface area contributed by atoms with Crippen LogP contribution in [0.25, 0.3) is 10.8 Å². The summed E-state index contributed by atoms with van der Waals surface area (Å²) in [7, 11) is 0. The number of aromatic nitrogens is 1. The molecule has 0 bridgehead atoms. The van der Waals surface area contributed by atoms with E-state index in [0.29, 0.717) is 29.6 Å². The molecule has 1 aliphatic heterocycles. The Morgan fingerprint density at radius 3 is 2.96 bits per heavy atom. The number of rotatable bonds is 3. The fourth-order valence-electron chi connectivity index (χ4n) is 2.81. The van der Waals surface area contributed by atoms with Gasteiger partial charge in [0.25, 0.3) is 5.91 Å². The first-order chi connectivity index (χ1) is 11.0. The maximum Gasteiger partial charge on any atom is 0.274 e. The lowest BCUT2D eigenvalue weighted by Crippen LogP contribution is -2.59. The van der Waals surface area contributed by atoms with Crippen LogP contribution < -0.4 is 5.32 Å². The molecule has 3 rings (SSSR count). The Balaban J connectivity index is 1.92. The zero-order valence-corrected chi connectivity index (χ0v) is 14.1. The average Bonchev–Trinajstić information content (AvgIpc) is 3.15. The molecule has 0 aromatic carbocycles. The zero-order valence-electron chi connectivity index (χ0n) is 13.3. The Labute approximate surface area is 138 Å². The normalized spacial score (nSPS) is 18.3. The van der Waals surface area contributed by atoms with Gasteiger partial charge in [0, 0.05) is 18.0 Å². The third-order valence-electron chi connectivity index (χ3n) is 3.88. The van der Waals surface area contributed by atoms with Crippen molar-refractivity contribution in [1.82, 2.24) is 15.2 Å². The SMILES string of the molecule is Cc1sc(-c2ccco2)nc1C(=O)N1CCNC(=O)C1C(C)C. The summed E-state index contributed by atoms with van der Waals surface area (Å²) in [6.07, 6.45) is 1.58. The number of thiazole rings is 1. The van der Waals surface area contributed by atoms with Crippen LogP contribution in [-0.2, 0) is 4.79 Å². The molecule has 2 aromatic heterocycles. The van der Waals surface area contributed by atoms with Gasteiger partial charge < -0.3 is 14.6 Å². The minimum Gasteiger partial charge on any atom is -0.462 e. The van der Waals surface area contributed by atoms with Crippen LogP contribution in [-0.4, -0.2) is 40.8 Å². The molecular formula is C16H19N3O3S. The maximum atomic E-state index is 12.9. The minimum atomic E-state index is -0.454. The predicted octanol–water partition coefficient (Wildman–Crippen LogP) is 2.31. The van der Waals surface area contributed by atoms with Gasteiger partial charge in [-0.25, -0.2) is 4.98 Å². The standard InChI is InChI=1S/C16H19N3O3S/c1-9(2)13-14(20)17-6-7-19(13)16(21)12-10(3)23-15(18-12)11-5-4-8-22-11/h4-5,8-9,13H,6-7H2,1-3H3,(H,17,20).